The number of amides is 1. The summed E-state index contributed by atoms with van der Waals surface area (Å²) in [5.41, 5.74) is 2.14. The molecule has 0 aliphatic carbocycles. The van der Waals surface area contributed by atoms with Crippen LogP contribution in [0.15, 0.2) is 36.4 Å². The van der Waals surface area contributed by atoms with Crippen molar-refractivity contribution >= 4 is 35.9 Å². The van der Waals surface area contributed by atoms with Gasteiger partial charge in [0.25, 0.3) is 0 Å². The highest BCUT2D eigenvalue weighted by Gasteiger charge is 2.36. The van der Waals surface area contributed by atoms with Crippen LogP contribution in [0.2, 0.25) is 0 Å². The average Bonchev–Trinajstić information content (AvgIpc) is 3.55. The Labute approximate surface area is 194 Å². The lowest BCUT2D eigenvalue weighted by molar-refractivity contribution is -0.131. The number of aryl methyl sites for hydroxylation is 1. The number of hydrogen-bond donors (Lipinski definition) is 1. The van der Waals surface area contributed by atoms with Gasteiger partial charge in [0.15, 0.2) is 0 Å². The number of halogens is 1. The largest absolute Gasteiger partial charge is 0.354 e. The smallest absolute Gasteiger partial charge is 0.240 e. The molecule has 7 nitrogen and oxygen atoms in total. The Morgan fingerprint density at radius 3 is 2.61 bits per heavy atom. The molecule has 1 aromatic heterocycles. The molecular formula is C22H31ClN6OS. The van der Waals surface area contributed by atoms with Gasteiger partial charge in [0, 0.05) is 57.1 Å². The fraction of sp³-hybridized carbons (Fsp3) is 0.545. The molecule has 3 aliphatic rings. The fourth-order valence-corrected chi connectivity index (χ4v) is 5.73. The van der Waals surface area contributed by atoms with Gasteiger partial charge in [-0.3, -0.25) is 9.69 Å². The van der Waals surface area contributed by atoms with E-state index in [1.807, 2.05) is 22.7 Å². The van der Waals surface area contributed by atoms with Crippen LogP contribution in [0.1, 0.15) is 12.1 Å². The first-order chi connectivity index (χ1) is 14.7. The highest BCUT2D eigenvalue weighted by Crippen LogP contribution is 2.25. The maximum Gasteiger partial charge on any atom is 0.240 e. The highest BCUT2D eigenvalue weighted by atomic mass is 35.5. The first-order valence-corrected chi connectivity index (χ1v) is 12.1. The number of rotatable bonds is 4. The zero-order chi connectivity index (χ0) is 20.5. The third kappa shape index (κ3) is 4.72. The van der Waals surface area contributed by atoms with Gasteiger partial charge in [0.1, 0.15) is 5.82 Å². The van der Waals surface area contributed by atoms with E-state index in [9.17, 15) is 4.79 Å². The Morgan fingerprint density at radius 1 is 1.13 bits per heavy atom. The Kier molecular flexibility index (Phi) is 7.11. The number of carbonyl (C=O) groups excluding carboxylic acids is 1. The second-order valence-electron chi connectivity index (χ2n) is 8.40. The van der Waals surface area contributed by atoms with Crippen molar-refractivity contribution < 1.29 is 4.79 Å². The molecule has 2 aromatic rings. The van der Waals surface area contributed by atoms with Crippen molar-refractivity contribution in [3.8, 4) is 5.69 Å². The molecule has 4 heterocycles. The van der Waals surface area contributed by atoms with E-state index >= 15 is 0 Å². The van der Waals surface area contributed by atoms with Crippen molar-refractivity contribution in [3.05, 3.63) is 42.1 Å². The minimum absolute atomic E-state index is 0. The summed E-state index contributed by atoms with van der Waals surface area (Å²) in [6.45, 7) is 7.88. The molecule has 3 saturated heterocycles. The van der Waals surface area contributed by atoms with Crippen LogP contribution < -0.4 is 10.2 Å². The standard InChI is InChI=1S/C22H30N6OS.ClH/c1-17-13-21(28(24-17)18-5-3-2-4-6-18)26-9-7-25(8-10-26)19-14-20(23-15-19)22(29)27-11-12-30-16-27;/h2-6,13,19-20,23H,7-12,14-16H2,1H3;1H/t19-,20+;/m1./s1. The minimum Gasteiger partial charge on any atom is -0.354 e. The molecule has 0 saturated carbocycles. The molecule has 2 atom stereocenters. The van der Waals surface area contributed by atoms with Crippen molar-refractivity contribution in [3.63, 3.8) is 0 Å². The first-order valence-electron chi connectivity index (χ1n) is 10.9. The molecule has 168 valence electrons. The van der Waals surface area contributed by atoms with Gasteiger partial charge in [-0.15, -0.1) is 24.2 Å². The number of para-hydroxylation sites is 1. The average molecular weight is 463 g/mol. The lowest BCUT2D eigenvalue weighted by atomic mass is 10.1. The summed E-state index contributed by atoms with van der Waals surface area (Å²) in [6, 6.07) is 13.0. The fourth-order valence-electron chi connectivity index (χ4n) is 4.78. The summed E-state index contributed by atoms with van der Waals surface area (Å²) in [6.07, 6.45) is 0.932. The van der Waals surface area contributed by atoms with Crippen LogP contribution in [0.3, 0.4) is 0 Å². The van der Waals surface area contributed by atoms with Crippen LogP contribution in [0, 0.1) is 6.92 Å². The SMILES string of the molecule is Cc1cc(N2CCN([C@H]3CN[C@H](C(=O)N4CCSC4)C3)CC2)n(-c2ccccc2)n1.Cl. The van der Waals surface area contributed by atoms with E-state index in [4.69, 9.17) is 5.10 Å². The van der Waals surface area contributed by atoms with Crippen molar-refractivity contribution in [2.45, 2.75) is 25.4 Å². The molecule has 5 rings (SSSR count). The van der Waals surface area contributed by atoms with Gasteiger partial charge in [-0.25, -0.2) is 4.68 Å². The monoisotopic (exact) mass is 462 g/mol. The number of carbonyl (C=O) groups is 1. The summed E-state index contributed by atoms with van der Waals surface area (Å²) < 4.78 is 2.06. The predicted molar refractivity (Wildman–Crippen MR) is 129 cm³/mol. The van der Waals surface area contributed by atoms with Crippen LogP contribution in [0.25, 0.3) is 5.69 Å². The maximum atomic E-state index is 12.7. The zero-order valence-corrected chi connectivity index (χ0v) is 19.6. The van der Waals surface area contributed by atoms with Crippen molar-refractivity contribution in [2.75, 3.05) is 55.8 Å². The Balaban J connectivity index is 0.00000231. The van der Waals surface area contributed by atoms with Gasteiger partial charge in [-0.2, -0.15) is 5.10 Å². The second-order valence-corrected chi connectivity index (χ2v) is 9.48. The van der Waals surface area contributed by atoms with Gasteiger partial charge in [0.05, 0.1) is 23.3 Å². The second kappa shape index (κ2) is 9.81. The summed E-state index contributed by atoms with van der Waals surface area (Å²) in [4.78, 5) is 19.7. The topological polar surface area (TPSA) is 56.6 Å². The van der Waals surface area contributed by atoms with Gasteiger partial charge in [0.2, 0.25) is 5.91 Å². The quantitative estimate of drug-likeness (QED) is 0.750. The number of thioether (sulfide) groups is 1. The first kappa shape index (κ1) is 22.5. The van der Waals surface area contributed by atoms with E-state index in [0.29, 0.717) is 11.9 Å². The van der Waals surface area contributed by atoms with Crippen LogP contribution in [-0.4, -0.2) is 88.5 Å². The summed E-state index contributed by atoms with van der Waals surface area (Å²) in [5, 5.41) is 8.21. The molecule has 9 heteroatoms. The normalized spacial score (nSPS) is 24.4. The van der Waals surface area contributed by atoms with Gasteiger partial charge < -0.3 is 15.1 Å². The molecule has 0 bridgehead atoms. The van der Waals surface area contributed by atoms with E-state index in [-0.39, 0.29) is 18.4 Å². The Bertz CT molecular complexity index is 879. The molecule has 31 heavy (non-hydrogen) atoms. The number of nitrogens with zero attached hydrogens (tertiary/aromatic N) is 5. The van der Waals surface area contributed by atoms with E-state index in [0.717, 1.165) is 68.7 Å². The number of aromatic nitrogens is 2. The number of nitrogens with one attached hydrogen (secondary N) is 1. The van der Waals surface area contributed by atoms with Gasteiger partial charge in [-0.1, -0.05) is 18.2 Å². The van der Waals surface area contributed by atoms with E-state index in [1.54, 1.807) is 0 Å². The third-order valence-electron chi connectivity index (χ3n) is 6.44. The molecule has 0 radical (unpaired) electrons. The number of hydrogen-bond acceptors (Lipinski definition) is 6. The summed E-state index contributed by atoms with van der Waals surface area (Å²) >= 11 is 1.85. The summed E-state index contributed by atoms with van der Waals surface area (Å²) in [7, 11) is 0. The van der Waals surface area contributed by atoms with Crippen LogP contribution in [-0.2, 0) is 4.79 Å². The predicted octanol–water partition coefficient (Wildman–Crippen LogP) is 1.99. The number of benzene rings is 1. The van der Waals surface area contributed by atoms with E-state index in [1.165, 1.54) is 5.82 Å². The van der Waals surface area contributed by atoms with Crippen LogP contribution in [0.5, 0.6) is 0 Å². The van der Waals surface area contributed by atoms with E-state index in [2.05, 4.69) is 57.1 Å². The molecule has 1 N–H and O–H groups in total. The molecule has 3 aliphatic heterocycles. The van der Waals surface area contributed by atoms with E-state index < -0.39 is 0 Å². The van der Waals surface area contributed by atoms with Crippen LogP contribution >= 0.6 is 24.2 Å². The number of piperazine rings is 1. The molecule has 0 unspecified atom stereocenters. The highest BCUT2D eigenvalue weighted by molar-refractivity contribution is 7.99. The lowest BCUT2D eigenvalue weighted by Gasteiger charge is -2.38. The van der Waals surface area contributed by atoms with Gasteiger partial charge >= 0.3 is 0 Å². The molecule has 0 spiro atoms. The summed E-state index contributed by atoms with van der Waals surface area (Å²) in [5.74, 6) is 3.39. The Morgan fingerprint density at radius 2 is 1.90 bits per heavy atom. The molecule has 1 aromatic carbocycles. The lowest BCUT2D eigenvalue weighted by Crippen LogP contribution is -2.51. The van der Waals surface area contributed by atoms with Crippen molar-refractivity contribution in [2.24, 2.45) is 0 Å². The van der Waals surface area contributed by atoms with Crippen LogP contribution in [0.4, 0.5) is 5.82 Å². The minimum atomic E-state index is -0.00566. The Hall–Kier alpha value is -1.74. The zero-order valence-electron chi connectivity index (χ0n) is 17.9. The number of anilines is 1. The maximum absolute atomic E-state index is 12.7. The van der Waals surface area contributed by atoms with Gasteiger partial charge in [-0.05, 0) is 25.5 Å². The molecule has 3 fully saturated rings. The molecule has 1 amide bonds. The molecular weight excluding hydrogens is 432 g/mol. The van der Waals surface area contributed by atoms with Crippen molar-refractivity contribution in [1.82, 2.24) is 24.9 Å². The van der Waals surface area contributed by atoms with Crippen molar-refractivity contribution in [1.29, 1.82) is 0 Å². The third-order valence-corrected chi connectivity index (χ3v) is 7.40.